The van der Waals surface area contributed by atoms with E-state index in [0.717, 1.165) is 46.4 Å². The van der Waals surface area contributed by atoms with Crippen LogP contribution in [0.3, 0.4) is 0 Å². The van der Waals surface area contributed by atoms with Crippen molar-refractivity contribution < 1.29 is 4.79 Å². The van der Waals surface area contributed by atoms with Crippen LogP contribution in [-0.2, 0) is 11.8 Å². The lowest BCUT2D eigenvalue weighted by molar-refractivity contribution is -0.127. The highest BCUT2D eigenvalue weighted by molar-refractivity contribution is 5.93. The minimum atomic E-state index is -0.218. The first kappa shape index (κ1) is 21.9. The number of nitrogens with zero attached hydrogens (tertiary/aromatic N) is 7. The smallest absolute Gasteiger partial charge is 0.298 e. The van der Waals surface area contributed by atoms with E-state index < -0.39 is 0 Å². The number of anilines is 1. The van der Waals surface area contributed by atoms with Gasteiger partial charge in [-0.15, -0.1) is 6.42 Å². The molecule has 2 fully saturated rings. The minimum Gasteiger partial charge on any atom is -0.367 e. The van der Waals surface area contributed by atoms with Gasteiger partial charge in [-0.25, -0.2) is 9.50 Å². The first-order valence-electron chi connectivity index (χ1n) is 11.9. The van der Waals surface area contributed by atoms with Crippen molar-refractivity contribution >= 4 is 17.2 Å². The molecule has 2 aliphatic rings. The molecule has 2 atom stereocenters. The van der Waals surface area contributed by atoms with Crippen LogP contribution in [0.25, 0.3) is 27.8 Å². The van der Waals surface area contributed by atoms with Gasteiger partial charge in [-0.3, -0.25) is 9.48 Å². The number of pyridine rings is 2. The number of likely N-dealkylation sites (tertiary alicyclic amines) is 1. The van der Waals surface area contributed by atoms with Gasteiger partial charge in [0.2, 0.25) is 0 Å². The van der Waals surface area contributed by atoms with E-state index in [1.165, 1.54) is 0 Å². The summed E-state index contributed by atoms with van der Waals surface area (Å²) in [6, 6.07) is 8.57. The maximum absolute atomic E-state index is 12.0. The second-order valence-electron chi connectivity index (χ2n) is 9.56. The number of aromatic nitrogens is 5. The lowest BCUT2D eigenvalue weighted by Crippen LogP contribution is -2.49. The van der Waals surface area contributed by atoms with E-state index in [1.54, 1.807) is 20.3 Å². The Kier molecular flexibility index (Phi) is 5.19. The zero-order valence-electron chi connectivity index (χ0n) is 19.8. The molecule has 4 aromatic rings. The van der Waals surface area contributed by atoms with Crippen LogP contribution in [0.15, 0.2) is 49.2 Å². The summed E-state index contributed by atoms with van der Waals surface area (Å²) in [7, 11) is 1.88. The number of amides is 1. The standard InChI is InChI=1S/C27H24N8O/c1-3-25(36)34-14-18-4-5-19(15-34)26(18)32-24-7-6-17(10-29-24)23-8-20(22-12-30-33(2)13-22)16-35-27(23)21(9-28)11-31-35/h1,6-8,10-13,16,18-19,26H,4-5,14-15H2,2H3,(H,29,32). The average molecular weight is 477 g/mol. The molecule has 0 spiro atoms. The van der Waals surface area contributed by atoms with E-state index in [4.69, 9.17) is 11.4 Å². The first-order valence-corrected chi connectivity index (χ1v) is 11.9. The molecule has 1 amide bonds. The molecule has 178 valence electrons. The molecular weight excluding hydrogens is 452 g/mol. The Labute approximate surface area is 208 Å². The highest BCUT2D eigenvalue weighted by atomic mass is 16.2. The summed E-state index contributed by atoms with van der Waals surface area (Å²) in [6.45, 7) is 1.37. The monoisotopic (exact) mass is 476 g/mol. The van der Waals surface area contributed by atoms with Crippen LogP contribution in [0.5, 0.6) is 0 Å². The number of carbonyl (C=O) groups excluding carboxylic acids is 1. The van der Waals surface area contributed by atoms with Gasteiger partial charge in [-0.1, -0.05) is 0 Å². The van der Waals surface area contributed by atoms with Gasteiger partial charge in [0.15, 0.2) is 0 Å². The fourth-order valence-corrected chi connectivity index (χ4v) is 5.68. The molecule has 1 aliphatic heterocycles. The van der Waals surface area contributed by atoms with Gasteiger partial charge < -0.3 is 10.2 Å². The van der Waals surface area contributed by atoms with Crippen LogP contribution in [0, 0.1) is 35.5 Å². The quantitative estimate of drug-likeness (QED) is 0.454. The second-order valence-corrected chi connectivity index (χ2v) is 9.56. The summed E-state index contributed by atoms with van der Waals surface area (Å²) in [6.07, 6.45) is 16.6. The van der Waals surface area contributed by atoms with Crippen LogP contribution in [-0.4, -0.2) is 54.3 Å². The number of fused-ring (bicyclic) bond motifs is 3. The summed E-state index contributed by atoms with van der Waals surface area (Å²) < 4.78 is 3.50. The highest BCUT2D eigenvalue weighted by Crippen LogP contribution is 2.39. The molecule has 2 bridgehead atoms. The van der Waals surface area contributed by atoms with Crippen LogP contribution in [0.2, 0.25) is 0 Å². The SMILES string of the molecule is C#CC(=O)N1CC2CCC(C1)C2Nc1ccc(-c2cc(-c3cnn(C)c3)cn3ncc(C#N)c23)cn1. The molecule has 0 aromatic carbocycles. The number of carbonyl (C=O) groups is 1. The van der Waals surface area contributed by atoms with Crippen molar-refractivity contribution in [3.8, 4) is 40.7 Å². The minimum absolute atomic E-state index is 0.218. The van der Waals surface area contributed by atoms with Gasteiger partial charge in [-0.2, -0.15) is 15.5 Å². The number of aryl methyl sites for hydroxylation is 1. The van der Waals surface area contributed by atoms with Crippen molar-refractivity contribution in [3.63, 3.8) is 0 Å². The van der Waals surface area contributed by atoms with Crippen molar-refractivity contribution in [3.05, 3.63) is 54.7 Å². The summed E-state index contributed by atoms with van der Waals surface area (Å²) in [4.78, 5) is 18.5. The topological polar surface area (TPSA) is 104 Å². The number of terminal acetylenes is 1. The normalized spacial score (nSPS) is 20.8. The van der Waals surface area contributed by atoms with Crippen LogP contribution < -0.4 is 5.32 Å². The van der Waals surface area contributed by atoms with Gasteiger partial charge in [-0.05, 0) is 48.8 Å². The predicted molar refractivity (Wildman–Crippen MR) is 134 cm³/mol. The highest BCUT2D eigenvalue weighted by Gasteiger charge is 2.43. The summed E-state index contributed by atoms with van der Waals surface area (Å²) >= 11 is 0. The lowest BCUT2D eigenvalue weighted by Gasteiger charge is -2.37. The van der Waals surface area contributed by atoms with Gasteiger partial charge in [0.05, 0.1) is 23.5 Å². The molecule has 1 aliphatic carbocycles. The van der Waals surface area contributed by atoms with E-state index in [-0.39, 0.29) is 11.9 Å². The van der Waals surface area contributed by atoms with Crippen molar-refractivity contribution in [2.75, 3.05) is 18.4 Å². The Morgan fingerprint density at radius 1 is 1.08 bits per heavy atom. The summed E-state index contributed by atoms with van der Waals surface area (Å²) in [5, 5.41) is 22.0. The van der Waals surface area contributed by atoms with Crippen molar-refractivity contribution in [1.82, 2.24) is 29.3 Å². The number of nitrogens with one attached hydrogen (secondary N) is 1. The molecule has 4 aromatic heterocycles. The number of piperidine rings is 1. The van der Waals surface area contributed by atoms with E-state index in [2.05, 4.69) is 33.6 Å². The van der Waals surface area contributed by atoms with Crippen molar-refractivity contribution in [2.45, 2.75) is 18.9 Å². The molecule has 1 saturated carbocycles. The van der Waals surface area contributed by atoms with Gasteiger partial charge >= 0.3 is 0 Å². The van der Waals surface area contributed by atoms with Gasteiger partial charge in [0, 0.05) is 67.0 Å². The molecule has 5 heterocycles. The molecule has 1 N–H and O–H groups in total. The Morgan fingerprint density at radius 2 is 1.89 bits per heavy atom. The average Bonchev–Trinajstić information content (AvgIpc) is 3.58. The van der Waals surface area contributed by atoms with E-state index in [0.29, 0.717) is 30.5 Å². The third kappa shape index (κ3) is 3.66. The first-order chi connectivity index (χ1) is 17.5. The zero-order chi connectivity index (χ0) is 24.8. The Bertz CT molecular complexity index is 1540. The maximum atomic E-state index is 12.0. The number of hydrogen-bond acceptors (Lipinski definition) is 6. The fourth-order valence-electron chi connectivity index (χ4n) is 5.68. The van der Waals surface area contributed by atoms with Crippen molar-refractivity contribution in [2.24, 2.45) is 18.9 Å². The molecule has 36 heavy (non-hydrogen) atoms. The Morgan fingerprint density at radius 3 is 2.53 bits per heavy atom. The summed E-state index contributed by atoms with van der Waals surface area (Å²) in [5.74, 6) is 3.55. The maximum Gasteiger partial charge on any atom is 0.298 e. The largest absolute Gasteiger partial charge is 0.367 e. The third-order valence-corrected chi connectivity index (χ3v) is 7.40. The van der Waals surface area contributed by atoms with Crippen LogP contribution in [0.1, 0.15) is 18.4 Å². The molecule has 9 heteroatoms. The molecule has 0 radical (unpaired) electrons. The zero-order valence-corrected chi connectivity index (χ0v) is 19.8. The number of rotatable bonds is 4. The van der Waals surface area contributed by atoms with E-state index in [9.17, 15) is 10.1 Å². The van der Waals surface area contributed by atoms with E-state index >= 15 is 0 Å². The number of hydrogen-bond donors (Lipinski definition) is 1. The summed E-state index contributed by atoms with van der Waals surface area (Å²) in [5.41, 5.74) is 4.94. The van der Waals surface area contributed by atoms with Gasteiger partial charge in [0.25, 0.3) is 5.91 Å². The Balaban J connectivity index is 1.30. The number of nitriles is 1. The van der Waals surface area contributed by atoms with E-state index in [1.807, 2.05) is 44.0 Å². The van der Waals surface area contributed by atoms with Crippen LogP contribution >= 0.6 is 0 Å². The lowest BCUT2D eigenvalue weighted by atomic mass is 9.92. The molecular formula is C27H24N8O. The third-order valence-electron chi connectivity index (χ3n) is 7.40. The van der Waals surface area contributed by atoms with Crippen molar-refractivity contribution in [1.29, 1.82) is 5.26 Å². The molecule has 2 unspecified atom stereocenters. The molecule has 1 saturated heterocycles. The Hall–Kier alpha value is -4.63. The molecule has 9 nitrogen and oxygen atoms in total. The van der Waals surface area contributed by atoms with Crippen LogP contribution in [0.4, 0.5) is 5.82 Å². The molecule has 6 rings (SSSR count). The second kappa shape index (κ2) is 8.54. The predicted octanol–water partition coefficient (Wildman–Crippen LogP) is 2.95. The fraction of sp³-hybridized carbons (Fsp3) is 0.296. The van der Waals surface area contributed by atoms with Gasteiger partial charge in [0.1, 0.15) is 11.9 Å².